The first-order valence-corrected chi connectivity index (χ1v) is 4.61. The van der Waals surface area contributed by atoms with E-state index in [9.17, 15) is 4.79 Å². The summed E-state index contributed by atoms with van der Waals surface area (Å²) in [4.78, 5) is 10.5. The summed E-state index contributed by atoms with van der Waals surface area (Å²) in [6.07, 6.45) is 2.37. The standard InChI is InChI=1S/C7H14O2S/c1-3-4-5-10-6-7(8)9-2/h3-6H2,1-2H3. The Morgan fingerprint density at radius 3 is 2.80 bits per heavy atom. The number of rotatable bonds is 5. The minimum absolute atomic E-state index is 0.124. The van der Waals surface area contributed by atoms with Crippen molar-refractivity contribution in [1.82, 2.24) is 0 Å². The Bertz CT molecular complexity index is 93.6. The number of hydrogen-bond donors (Lipinski definition) is 0. The van der Waals surface area contributed by atoms with Gasteiger partial charge >= 0.3 is 5.97 Å². The second kappa shape index (κ2) is 6.93. The van der Waals surface area contributed by atoms with Gasteiger partial charge in [0.1, 0.15) is 0 Å². The zero-order valence-electron chi connectivity index (χ0n) is 6.55. The normalized spacial score (nSPS) is 9.40. The van der Waals surface area contributed by atoms with Gasteiger partial charge in [0.15, 0.2) is 0 Å². The van der Waals surface area contributed by atoms with Gasteiger partial charge in [-0.3, -0.25) is 4.79 Å². The van der Waals surface area contributed by atoms with Crippen molar-refractivity contribution in [3.8, 4) is 0 Å². The van der Waals surface area contributed by atoms with Crippen LogP contribution in [0.3, 0.4) is 0 Å². The van der Waals surface area contributed by atoms with Crippen molar-refractivity contribution in [2.45, 2.75) is 19.8 Å². The molecule has 0 spiro atoms. The van der Waals surface area contributed by atoms with Gasteiger partial charge in [-0.25, -0.2) is 0 Å². The van der Waals surface area contributed by atoms with E-state index in [1.165, 1.54) is 20.0 Å². The fourth-order valence-corrected chi connectivity index (χ4v) is 1.38. The van der Waals surface area contributed by atoms with Crippen LogP contribution in [-0.2, 0) is 9.53 Å². The van der Waals surface area contributed by atoms with E-state index in [0.29, 0.717) is 5.75 Å². The maximum atomic E-state index is 10.5. The van der Waals surface area contributed by atoms with Crippen molar-refractivity contribution in [1.29, 1.82) is 0 Å². The lowest BCUT2D eigenvalue weighted by Gasteiger charge is -1.97. The average Bonchev–Trinajstić information content (AvgIpc) is 1.98. The van der Waals surface area contributed by atoms with Crippen molar-refractivity contribution in [2.24, 2.45) is 0 Å². The molecule has 0 amide bonds. The summed E-state index contributed by atoms with van der Waals surface area (Å²) in [7, 11) is 1.42. The molecule has 0 saturated carbocycles. The molecule has 0 unspecified atom stereocenters. The molecule has 0 rings (SSSR count). The molecule has 0 aliphatic heterocycles. The highest BCUT2D eigenvalue weighted by Crippen LogP contribution is 2.03. The van der Waals surface area contributed by atoms with E-state index in [2.05, 4.69) is 11.7 Å². The molecule has 0 heterocycles. The monoisotopic (exact) mass is 162 g/mol. The first kappa shape index (κ1) is 9.82. The summed E-state index contributed by atoms with van der Waals surface area (Å²) in [5, 5.41) is 0. The minimum atomic E-state index is -0.124. The number of thioether (sulfide) groups is 1. The molecular formula is C7H14O2S. The highest BCUT2D eigenvalue weighted by Gasteiger charge is 1.97. The third kappa shape index (κ3) is 5.95. The first-order valence-electron chi connectivity index (χ1n) is 3.45. The number of ether oxygens (including phenoxy) is 1. The van der Waals surface area contributed by atoms with Crippen LogP contribution in [0.5, 0.6) is 0 Å². The van der Waals surface area contributed by atoms with E-state index in [1.54, 1.807) is 11.8 Å². The number of carbonyl (C=O) groups is 1. The fourth-order valence-electron chi connectivity index (χ4n) is 0.461. The van der Waals surface area contributed by atoms with Crippen LogP contribution in [0.25, 0.3) is 0 Å². The number of hydrogen-bond acceptors (Lipinski definition) is 3. The van der Waals surface area contributed by atoms with Crippen LogP contribution in [0, 0.1) is 0 Å². The second-order valence-corrected chi connectivity index (χ2v) is 3.09. The van der Waals surface area contributed by atoms with Crippen LogP contribution in [0.15, 0.2) is 0 Å². The summed E-state index contributed by atoms with van der Waals surface area (Å²) in [5.41, 5.74) is 0. The largest absolute Gasteiger partial charge is 0.468 e. The van der Waals surface area contributed by atoms with Crippen LogP contribution in [0.1, 0.15) is 19.8 Å². The van der Waals surface area contributed by atoms with Gasteiger partial charge in [-0.15, -0.1) is 0 Å². The van der Waals surface area contributed by atoms with E-state index in [0.717, 1.165) is 5.75 Å². The quantitative estimate of drug-likeness (QED) is 0.454. The summed E-state index contributed by atoms with van der Waals surface area (Å²) >= 11 is 1.64. The molecule has 0 atom stereocenters. The number of methoxy groups -OCH3 is 1. The van der Waals surface area contributed by atoms with Crippen LogP contribution in [0.2, 0.25) is 0 Å². The average molecular weight is 162 g/mol. The van der Waals surface area contributed by atoms with Gasteiger partial charge in [0.05, 0.1) is 12.9 Å². The summed E-state index contributed by atoms with van der Waals surface area (Å²) in [5.74, 6) is 1.43. The molecule has 10 heavy (non-hydrogen) atoms. The van der Waals surface area contributed by atoms with Crippen molar-refractivity contribution in [3.05, 3.63) is 0 Å². The van der Waals surface area contributed by atoms with E-state index in [4.69, 9.17) is 0 Å². The minimum Gasteiger partial charge on any atom is -0.468 e. The van der Waals surface area contributed by atoms with Gasteiger partial charge in [0.25, 0.3) is 0 Å². The Hall–Kier alpha value is -0.180. The zero-order valence-corrected chi connectivity index (χ0v) is 7.37. The third-order valence-electron chi connectivity index (χ3n) is 1.09. The lowest BCUT2D eigenvalue weighted by atomic mass is 10.4. The molecule has 0 saturated heterocycles. The number of esters is 1. The molecule has 0 N–H and O–H groups in total. The molecule has 2 nitrogen and oxygen atoms in total. The fraction of sp³-hybridized carbons (Fsp3) is 0.857. The Balaban J connectivity index is 2.96. The van der Waals surface area contributed by atoms with Crippen molar-refractivity contribution < 1.29 is 9.53 Å². The molecule has 0 aliphatic carbocycles. The highest BCUT2D eigenvalue weighted by atomic mass is 32.2. The molecule has 3 heteroatoms. The van der Waals surface area contributed by atoms with Gasteiger partial charge in [-0.2, -0.15) is 11.8 Å². The lowest BCUT2D eigenvalue weighted by Crippen LogP contribution is -2.03. The maximum absolute atomic E-state index is 10.5. The van der Waals surface area contributed by atoms with Crippen LogP contribution < -0.4 is 0 Å². The van der Waals surface area contributed by atoms with Gasteiger partial charge in [0, 0.05) is 0 Å². The highest BCUT2D eigenvalue weighted by molar-refractivity contribution is 7.99. The molecule has 0 aromatic carbocycles. The molecule has 0 aliphatic rings. The van der Waals surface area contributed by atoms with Crippen molar-refractivity contribution in [2.75, 3.05) is 18.6 Å². The Kier molecular flexibility index (Phi) is 6.81. The summed E-state index contributed by atoms with van der Waals surface area (Å²) in [6.45, 7) is 2.14. The summed E-state index contributed by atoms with van der Waals surface area (Å²) < 4.78 is 4.47. The van der Waals surface area contributed by atoms with Crippen LogP contribution in [0.4, 0.5) is 0 Å². The van der Waals surface area contributed by atoms with E-state index >= 15 is 0 Å². The van der Waals surface area contributed by atoms with Gasteiger partial charge in [0.2, 0.25) is 0 Å². The first-order chi connectivity index (χ1) is 4.81. The van der Waals surface area contributed by atoms with E-state index < -0.39 is 0 Å². The van der Waals surface area contributed by atoms with Gasteiger partial charge < -0.3 is 4.74 Å². The van der Waals surface area contributed by atoms with E-state index in [1.807, 2.05) is 0 Å². The molecule has 0 aromatic heterocycles. The predicted octanol–water partition coefficient (Wildman–Crippen LogP) is 1.69. The molecule has 0 fully saturated rings. The molecule has 0 radical (unpaired) electrons. The third-order valence-corrected chi connectivity index (χ3v) is 2.11. The van der Waals surface area contributed by atoms with Gasteiger partial charge in [-0.1, -0.05) is 13.3 Å². The Labute approximate surface area is 66.3 Å². The van der Waals surface area contributed by atoms with Crippen molar-refractivity contribution >= 4 is 17.7 Å². The van der Waals surface area contributed by atoms with Crippen LogP contribution >= 0.6 is 11.8 Å². The van der Waals surface area contributed by atoms with Gasteiger partial charge in [-0.05, 0) is 12.2 Å². The van der Waals surface area contributed by atoms with E-state index in [-0.39, 0.29) is 5.97 Å². The van der Waals surface area contributed by atoms with Crippen LogP contribution in [-0.4, -0.2) is 24.6 Å². The zero-order chi connectivity index (χ0) is 7.82. The lowest BCUT2D eigenvalue weighted by molar-refractivity contribution is -0.137. The van der Waals surface area contributed by atoms with Crippen molar-refractivity contribution in [3.63, 3.8) is 0 Å². The molecule has 60 valence electrons. The number of carbonyl (C=O) groups excluding carboxylic acids is 1. The summed E-state index contributed by atoms with van der Waals surface area (Å²) in [6, 6.07) is 0. The Morgan fingerprint density at radius 2 is 2.30 bits per heavy atom. The topological polar surface area (TPSA) is 26.3 Å². The molecule has 0 bridgehead atoms. The molecular weight excluding hydrogens is 148 g/mol. The second-order valence-electron chi connectivity index (χ2n) is 1.98. The maximum Gasteiger partial charge on any atom is 0.315 e. The molecule has 0 aromatic rings. The SMILES string of the molecule is CCCCSCC(=O)OC. The predicted molar refractivity (Wildman–Crippen MR) is 44.2 cm³/mol. The Morgan fingerprint density at radius 1 is 1.60 bits per heavy atom. The number of unbranched alkanes of at least 4 members (excludes halogenated alkanes) is 1. The smallest absolute Gasteiger partial charge is 0.315 e.